The van der Waals surface area contributed by atoms with E-state index in [1.54, 1.807) is 23.6 Å². The number of likely N-dealkylation sites (tertiary alicyclic amines) is 1. The fourth-order valence-electron chi connectivity index (χ4n) is 4.69. The van der Waals surface area contributed by atoms with Crippen molar-refractivity contribution in [2.45, 2.75) is 19.6 Å². The summed E-state index contributed by atoms with van der Waals surface area (Å²) in [7, 11) is 1.53. The summed E-state index contributed by atoms with van der Waals surface area (Å²) in [5.41, 5.74) is 3.22. The molecule has 0 aliphatic carbocycles. The van der Waals surface area contributed by atoms with E-state index in [1.807, 2.05) is 66.7 Å². The number of hydrogen-bond donors (Lipinski definition) is 1. The smallest absolute Gasteiger partial charge is 0.295 e. The first kappa shape index (κ1) is 24.3. The quantitative estimate of drug-likeness (QED) is 0.222. The molecule has 8 nitrogen and oxygen atoms in total. The largest absolute Gasteiger partial charge is 0.505 e. The summed E-state index contributed by atoms with van der Waals surface area (Å²) < 4.78 is 12.9. The zero-order chi connectivity index (χ0) is 25.9. The number of hydrogen-bond acceptors (Lipinski definition) is 6. The van der Waals surface area contributed by atoms with Crippen molar-refractivity contribution in [2.24, 2.45) is 0 Å². The maximum absolute atomic E-state index is 13.3. The molecule has 0 saturated carbocycles. The number of imidazole rings is 1. The summed E-state index contributed by atoms with van der Waals surface area (Å²) in [6.45, 7) is 2.55. The molecule has 5 rings (SSSR count). The van der Waals surface area contributed by atoms with Crippen LogP contribution in [0.1, 0.15) is 28.6 Å². The summed E-state index contributed by atoms with van der Waals surface area (Å²) in [5.74, 6) is -1.12. The minimum absolute atomic E-state index is 0.00932. The summed E-state index contributed by atoms with van der Waals surface area (Å²) in [6.07, 6.45) is 1.76. The number of rotatable bonds is 8. The molecule has 8 heteroatoms. The molecule has 2 aromatic carbocycles. The maximum atomic E-state index is 13.3. The highest BCUT2D eigenvalue weighted by molar-refractivity contribution is 6.46. The van der Waals surface area contributed by atoms with Crippen molar-refractivity contribution < 1.29 is 24.2 Å². The average molecular weight is 498 g/mol. The number of aliphatic hydroxyl groups is 1. The van der Waals surface area contributed by atoms with E-state index in [-0.39, 0.29) is 24.5 Å². The third-order valence-corrected chi connectivity index (χ3v) is 6.43. The van der Waals surface area contributed by atoms with Gasteiger partial charge in [0.25, 0.3) is 11.7 Å². The highest BCUT2D eigenvalue weighted by Crippen LogP contribution is 2.40. The van der Waals surface area contributed by atoms with Gasteiger partial charge in [-0.1, -0.05) is 48.5 Å². The van der Waals surface area contributed by atoms with E-state index in [0.717, 1.165) is 5.56 Å². The van der Waals surface area contributed by atoms with E-state index in [2.05, 4.69) is 4.98 Å². The first-order valence-electron chi connectivity index (χ1n) is 12.0. The maximum Gasteiger partial charge on any atom is 0.295 e. The number of carbonyl (C=O) groups is 2. The minimum Gasteiger partial charge on any atom is -0.505 e. The molecule has 1 fully saturated rings. The monoisotopic (exact) mass is 497 g/mol. The Morgan fingerprint density at radius 1 is 1.03 bits per heavy atom. The van der Waals surface area contributed by atoms with Crippen LogP contribution in [-0.4, -0.2) is 51.3 Å². The number of methoxy groups -OCH3 is 1. The van der Waals surface area contributed by atoms with Crippen molar-refractivity contribution in [1.29, 1.82) is 0 Å². The van der Waals surface area contributed by atoms with Gasteiger partial charge in [0, 0.05) is 19.9 Å². The molecule has 0 bridgehead atoms. The van der Waals surface area contributed by atoms with Crippen LogP contribution in [0.3, 0.4) is 0 Å². The van der Waals surface area contributed by atoms with E-state index < -0.39 is 17.7 Å². The molecule has 1 amide bonds. The molecular weight excluding hydrogens is 470 g/mol. The number of aromatic nitrogens is 2. The number of nitrogens with zero attached hydrogens (tertiary/aromatic N) is 3. The molecule has 1 unspecified atom stereocenters. The summed E-state index contributed by atoms with van der Waals surface area (Å²) in [4.78, 5) is 32.4. The van der Waals surface area contributed by atoms with Gasteiger partial charge < -0.3 is 19.5 Å². The molecule has 3 heterocycles. The lowest BCUT2D eigenvalue weighted by Gasteiger charge is -2.25. The predicted molar refractivity (Wildman–Crippen MR) is 138 cm³/mol. The van der Waals surface area contributed by atoms with Crippen LogP contribution in [-0.2, 0) is 20.9 Å². The van der Waals surface area contributed by atoms with E-state index in [9.17, 15) is 14.7 Å². The molecule has 1 saturated heterocycles. The number of pyridine rings is 1. The number of fused-ring (bicyclic) bond motifs is 1. The van der Waals surface area contributed by atoms with Crippen LogP contribution in [0.2, 0.25) is 0 Å². The summed E-state index contributed by atoms with van der Waals surface area (Å²) in [5, 5.41) is 11.5. The topological polar surface area (TPSA) is 93.4 Å². The van der Waals surface area contributed by atoms with Crippen molar-refractivity contribution in [3.8, 4) is 5.75 Å². The summed E-state index contributed by atoms with van der Waals surface area (Å²) >= 11 is 0. The second-order valence-electron chi connectivity index (χ2n) is 8.81. The number of ether oxygens (including phenoxy) is 2. The first-order valence-corrected chi connectivity index (χ1v) is 12.0. The Kier molecular flexibility index (Phi) is 6.74. The molecule has 4 aromatic rings. The van der Waals surface area contributed by atoms with Gasteiger partial charge in [-0.05, 0) is 42.3 Å². The molecule has 37 heavy (non-hydrogen) atoms. The third-order valence-electron chi connectivity index (χ3n) is 6.43. The standard InChI is InChI=1S/C29H27N3O5/c1-19-25(31-14-7-6-13-23(31)30-19)27(33)24-26(32(15-16-36-2)29(35)28(24)34)21-11-8-12-22(17-21)37-18-20-9-4-3-5-10-20/h3-14,17,26,33H,15-16,18H2,1-2H3/b27-24+. The fraction of sp³-hybridized carbons (Fsp3) is 0.207. The lowest BCUT2D eigenvalue weighted by atomic mass is 9.96. The molecule has 1 aliphatic rings. The van der Waals surface area contributed by atoms with Gasteiger partial charge in [0.15, 0.2) is 5.76 Å². The van der Waals surface area contributed by atoms with Crippen molar-refractivity contribution >= 4 is 23.1 Å². The van der Waals surface area contributed by atoms with E-state index in [1.165, 1.54) is 12.0 Å². The predicted octanol–water partition coefficient (Wildman–Crippen LogP) is 4.29. The number of ketones is 1. The van der Waals surface area contributed by atoms with Crippen molar-refractivity contribution in [2.75, 3.05) is 20.3 Å². The Balaban J connectivity index is 1.59. The van der Waals surface area contributed by atoms with Crippen molar-refractivity contribution in [1.82, 2.24) is 14.3 Å². The normalized spacial score (nSPS) is 17.0. The molecule has 1 atom stereocenters. The van der Waals surface area contributed by atoms with Gasteiger partial charge in [-0.2, -0.15) is 0 Å². The van der Waals surface area contributed by atoms with Crippen LogP contribution >= 0.6 is 0 Å². The van der Waals surface area contributed by atoms with Crippen molar-refractivity contribution in [3.63, 3.8) is 0 Å². The Morgan fingerprint density at radius 3 is 2.59 bits per heavy atom. The molecule has 0 radical (unpaired) electrons. The van der Waals surface area contributed by atoms with Crippen LogP contribution in [0.4, 0.5) is 0 Å². The van der Waals surface area contributed by atoms with Gasteiger partial charge in [-0.15, -0.1) is 0 Å². The third kappa shape index (κ3) is 4.59. The number of aryl methyl sites for hydroxylation is 1. The zero-order valence-corrected chi connectivity index (χ0v) is 20.6. The summed E-state index contributed by atoms with van der Waals surface area (Å²) in [6, 6.07) is 21.7. The lowest BCUT2D eigenvalue weighted by Crippen LogP contribution is -2.32. The highest BCUT2D eigenvalue weighted by atomic mass is 16.5. The van der Waals surface area contributed by atoms with Gasteiger partial charge in [-0.3, -0.25) is 14.0 Å². The van der Waals surface area contributed by atoms with Gasteiger partial charge in [0.2, 0.25) is 0 Å². The second kappa shape index (κ2) is 10.3. The Hall–Kier alpha value is -4.43. The molecule has 2 aromatic heterocycles. The number of carbonyl (C=O) groups excluding carboxylic acids is 2. The van der Waals surface area contributed by atoms with Crippen LogP contribution in [0.5, 0.6) is 5.75 Å². The van der Waals surface area contributed by atoms with Crippen LogP contribution < -0.4 is 4.74 Å². The number of aliphatic hydroxyl groups excluding tert-OH is 1. The van der Waals surface area contributed by atoms with E-state index in [0.29, 0.717) is 35.0 Å². The van der Waals surface area contributed by atoms with E-state index in [4.69, 9.17) is 9.47 Å². The first-order chi connectivity index (χ1) is 18.0. The number of benzene rings is 2. The van der Waals surface area contributed by atoms with Crippen molar-refractivity contribution in [3.05, 3.63) is 107 Å². The SMILES string of the molecule is COCCN1C(=O)C(=O)/C(=C(/O)c2c(C)nc3ccccn23)C1c1cccc(OCc2ccccc2)c1. The number of Topliss-reactive ketones (excluding diaryl/α,β-unsaturated/α-hetero) is 1. The van der Waals surface area contributed by atoms with Gasteiger partial charge in [-0.25, -0.2) is 4.98 Å². The Bertz CT molecular complexity index is 1490. The van der Waals surface area contributed by atoms with Gasteiger partial charge >= 0.3 is 0 Å². The lowest BCUT2D eigenvalue weighted by molar-refractivity contribution is -0.140. The molecule has 0 spiro atoms. The van der Waals surface area contributed by atoms with Crippen LogP contribution in [0.15, 0.2) is 84.6 Å². The molecule has 1 aliphatic heterocycles. The van der Waals surface area contributed by atoms with Crippen LogP contribution in [0, 0.1) is 6.92 Å². The Morgan fingerprint density at radius 2 is 1.81 bits per heavy atom. The van der Waals surface area contributed by atoms with Crippen LogP contribution in [0.25, 0.3) is 11.4 Å². The average Bonchev–Trinajstić information content (AvgIpc) is 3.39. The van der Waals surface area contributed by atoms with Gasteiger partial charge in [0.1, 0.15) is 23.7 Å². The Labute approximate surface area is 214 Å². The van der Waals surface area contributed by atoms with Gasteiger partial charge in [0.05, 0.1) is 23.9 Å². The zero-order valence-electron chi connectivity index (χ0n) is 20.6. The fourth-order valence-corrected chi connectivity index (χ4v) is 4.69. The van der Waals surface area contributed by atoms with E-state index >= 15 is 0 Å². The molecule has 188 valence electrons. The number of amides is 1. The molecule has 1 N–H and O–H groups in total. The second-order valence-corrected chi connectivity index (χ2v) is 8.81. The highest BCUT2D eigenvalue weighted by Gasteiger charge is 2.46. The molecular formula is C29H27N3O5. The minimum atomic E-state index is -0.816.